The standard InChI is InChI=1S/C11H16ClN3O4S/c1-7(2)8-10(20(12,17)18)9(14-13-8)11(16)15-3-5-19-6-4-15/h7H,3-6H2,1-2H3,(H,13,14). The fourth-order valence-corrected chi connectivity index (χ4v) is 3.42. The van der Waals surface area contributed by atoms with Crippen molar-refractivity contribution in [3.05, 3.63) is 11.4 Å². The lowest BCUT2D eigenvalue weighted by Crippen LogP contribution is -2.41. The number of halogens is 1. The summed E-state index contributed by atoms with van der Waals surface area (Å²) in [6, 6.07) is 0. The molecule has 0 aliphatic carbocycles. The summed E-state index contributed by atoms with van der Waals surface area (Å²) in [6.45, 7) is 5.26. The van der Waals surface area contributed by atoms with Crippen molar-refractivity contribution in [1.29, 1.82) is 0 Å². The number of H-pyrrole nitrogens is 1. The summed E-state index contributed by atoms with van der Waals surface area (Å²) in [5, 5.41) is 6.47. The fraction of sp³-hybridized carbons (Fsp3) is 0.636. The molecule has 0 atom stereocenters. The molecule has 0 radical (unpaired) electrons. The van der Waals surface area contributed by atoms with Crippen LogP contribution < -0.4 is 0 Å². The molecule has 2 heterocycles. The molecule has 1 aliphatic heterocycles. The van der Waals surface area contributed by atoms with Crippen LogP contribution in [-0.4, -0.2) is 55.7 Å². The third kappa shape index (κ3) is 2.97. The van der Waals surface area contributed by atoms with Crippen molar-refractivity contribution in [2.45, 2.75) is 24.7 Å². The summed E-state index contributed by atoms with van der Waals surface area (Å²) >= 11 is 0. The Morgan fingerprint density at radius 1 is 1.40 bits per heavy atom. The van der Waals surface area contributed by atoms with E-state index in [0.717, 1.165) is 0 Å². The molecule has 20 heavy (non-hydrogen) atoms. The van der Waals surface area contributed by atoms with Crippen molar-refractivity contribution < 1.29 is 17.9 Å². The van der Waals surface area contributed by atoms with Gasteiger partial charge in [-0.15, -0.1) is 0 Å². The van der Waals surface area contributed by atoms with Crippen LogP contribution in [0, 0.1) is 0 Å². The maximum atomic E-state index is 12.4. The summed E-state index contributed by atoms with van der Waals surface area (Å²) < 4.78 is 28.6. The van der Waals surface area contributed by atoms with Crippen molar-refractivity contribution in [3.63, 3.8) is 0 Å². The summed E-state index contributed by atoms with van der Waals surface area (Å²) in [7, 11) is 1.40. The van der Waals surface area contributed by atoms with E-state index in [1.165, 1.54) is 4.90 Å². The molecule has 0 spiro atoms. The van der Waals surface area contributed by atoms with Crippen molar-refractivity contribution in [1.82, 2.24) is 15.1 Å². The second-order valence-electron chi connectivity index (χ2n) is 4.81. The maximum Gasteiger partial charge on any atom is 0.275 e. The number of nitrogens with one attached hydrogen (secondary N) is 1. The predicted molar refractivity (Wildman–Crippen MR) is 72.4 cm³/mol. The average Bonchev–Trinajstić information content (AvgIpc) is 2.83. The molecular formula is C11H16ClN3O4S. The number of morpholine rings is 1. The van der Waals surface area contributed by atoms with E-state index in [1.807, 2.05) is 0 Å². The smallest absolute Gasteiger partial charge is 0.275 e. The van der Waals surface area contributed by atoms with E-state index >= 15 is 0 Å². The van der Waals surface area contributed by atoms with Gasteiger partial charge in [-0.2, -0.15) is 5.10 Å². The molecule has 1 aliphatic rings. The number of amides is 1. The fourth-order valence-electron chi connectivity index (χ4n) is 2.04. The maximum absolute atomic E-state index is 12.4. The van der Waals surface area contributed by atoms with E-state index in [4.69, 9.17) is 15.4 Å². The third-order valence-corrected chi connectivity index (χ3v) is 4.43. The highest BCUT2D eigenvalue weighted by molar-refractivity contribution is 8.13. The Morgan fingerprint density at radius 2 is 2.00 bits per heavy atom. The van der Waals surface area contributed by atoms with E-state index in [2.05, 4.69) is 10.2 Å². The van der Waals surface area contributed by atoms with E-state index in [0.29, 0.717) is 32.0 Å². The Balaban J connectivity index is 2.44. The molecule has 1 fully saturated rings. The number of nitrogens with zero attached hydrogens (tertiary/aromatic N) is 2. The van der Waals surface area contributed by atoms with Gasteiger partial charge in [-0.3, -0.25) is 9.89 Å². The molecule has 1 aromatic rings. The van der Waals surface area contributed by atoms with Crippen molar-refractivity contribution in [2.75, 3.05) is 26.3 Å². The molecule has 0 aromatic carbocycles. The van der Waals surface area contributed by atoms with E-state index in [9.17, 15) is 13.2 Å². The van der Waals surface area contributed by atoms with Crippen LogP contribution in [0.2, 0.25) is 0 Å². The Hall–Kier alpha value is -1.12. The highest BCUT2D eigenvalue weighted by Gasteiger charge is 2.32. The van der Waals surface area contributed by atoms with Crippen LogP contribution in [0.5, 0.6) is 0 Å². The van der Waals surface area contributed by atoms with Gasteiger partial charge in [-0.25, -0.2) is 8.42 Å². The van der Waals surface area contributed by atoms with Gasteiger partial charge in [0, 0.05) is 23.8 Å². The van der Waals surface area contributed by atoms with Crippen molar-refractivity contribution in [2.24, 2.45) is 0 Å². The molecule has 0 saturated carbocycles. The predicted octanol–water partition coefficient (Wildman–Crippen LogP) is 0.933. The van der Waals surface area contributed by atoms with Crippen LogP contribution in [0.15, 0.2) is 4.90 Å². The van der Waals surface area contributed by atoms with Crippen molar-refractivity contribution in [3.8, 4) is 0 Å². The molecule has 1 amide bonds. The Bertz CT molecular complexity index is 605. The summed E-state index contributed by atoms with van der Waals surface area (Å²) in [6.07, 6.45) is 0. The lowest BCUT2D eigenvalue weighted by Gasteiger charge is -2.26. The molecular weight excluding hydrogens is 306 g/mol. The molecule has 1 saturated heterocycles. The SMILES string of the molecule is CC(C)c1[nH]nc(C(=O)N2CCOCC2)c1S(=O)(=O)Cl. The summed E-state index contributed by atoms with van der Waals surface area (Å²) in [5.41, 5.74) is 0.196. The molecule has 2 rings (SSSR count). The first-order valence-electron chi connectivity index (χ1n) is 6.22. The van der Waals surface area contributed by atoms with Crippen LogP contribution in [0.1, 0.15) is 35.9 Å². The van der Waals surface area contributed by atoms with Gasteiger partial charge >= 0.3 is 0 Å². The van der Waals surface area contributed by atoms with Gasteiger partial charge in [-0.05, 0) is 5.92 Å². The second kappa shape index (κ2) is 5.71. The minimum absolute atomic E-state index is 0.141. The van der Waals surface area contributed by atoms with Gasteiger partial charge in [0.25, 0.3) is 15.0 Å². The van der Waals surface area contributed by atoms with E-state index < -0.39 is 15.0 Å². The summed E-state index contributed by atoms with van der Waals surface area (Å²) in [4.78, 5) is 13.7. The lowest BCUT2D eigenvalue weighted by atomic mass is 10.1. The number of carbonyl (C=O) groups is 1. The zero-order valence-electron chi connectivity index (χ0n) is 11.2. The first-order chi connectivity index (χ1) is 9.32. The quantitative estimate of drug-likeness (QED) is 0.836. The lowest BCUT2D eigenvalue weighted by molar-refractivity contribution is 0.0296. The van der Waals surface area contributed by atoms with Gasteiger partial charge in [0.1, 0.15) is 4.90 Å². The number of hydrogen-bond acceptors (Lipinski definition) is 5. The van der Waals surface area contributed by atoms with Crippen LogP contribution in [0.3, 0.4) is 0 Å². The first-order valence-corrected chi connectivity index (χ1v) is 8.53. The topological polar surface area (TPSA) is 92.4 Å². The van der Waals surface area contributed by atoms with E-state index in [-0.39, 0.29) is 16.5 Å². The minimum atomic E-state index is -4.05. The monoisotopic (exact) mass is 321 g/mol. The molecule has 0 bridgehead atoms. The zero-order valence-corrected chi connectivity index (χ0v) is 12.8. The molecule has 112 valence electrons. The summed E-state index contributed by atoms with van der Waals surface area (Å²) in [5.74, 6) is -0.590. The van der Waals surface area contributed by atoms with Gasteiger partial charge < -0.3 is 9.64 Å². The Kier molecular flexibility index (Phi) is 4.36. The third-order valence-electron chi connectivity index (χ3n) is 3.07. The van der Waals surface area contributed by atoms with Gasteiger partial charge in [0.05, 0.1) is 18.9 Å². The number of hydrogen-bond donors (Lipinski definition) is 1. The number of rotatable bonds is 3. The highest BCUT2D eigenvalue weighted by atomic mass is 35.7. The van der Waals surface area contributed by atoms with E-state index in [1.54, 1.807) is 13.8 Å². The van der Waals surface area contributed by atoms with Crippen LogP contribution in [0.25, 0.3) is 0 Å². The second-order valence-corrected chi connectivity index (χ2v) is 7.31. The molecule has 9 heteroatoms. The number of aromatic nitrogens is 2. The van der Waals surface area contributed by atoms with Gasteiger partial charge in [-0.1, -0.05) is 13.8 Å². The Labute approximate surface area is 121 Å². The molecule has 7 nitrogen and oxygen atoms in total. The average molecular weight is 322 g/mol. The first kappa shape index (κ1) is 15.3. The van der Waals surface area contributed by atoms with Crippen LogP contribution in [-0.2, 0) is 13.8 Å². The number of ether oxygens (including phenoxy) is 1. The van der Waals surface area contributed by atoms with Crippen molar-refractivity contribution >= 4 is 25.6 Å². The largest absolute Gasteiger partial charge is 0.378 e. The van der Waals surface area contributed by atoms with Crippen LogP contribution >= 0.6 is 10.7 Å². The molecule has 0 unspecified atom stereocenters. The van der Waals surface area contributed by atoms with Crippen LogP contribution in [0.4, 0.5) is 0 Å². The molecule has 1 N–H and O–H groups in total. The normalized spacial score (nSPS) is 16.7. The number of carbonyl (C=O) groups excluding carboxylic acids is 1. The highest BCUT2D eigenvalue weighted by Crippen LogP contribution is 2.28. The van der Waals surface area contributed by atoms with Gasteiger partial charge in [0.15, 0.2) is 5.69 Å². The minimum Gasteiger partial charge on any atom is -0.378 e. The Morgan fingerprint density at radius 3 is 2.50 bits per heavy atom. The van der Waals surface area contributed by atoms with Gasteiger partial charge in [0.2, 0.25) is 0 Å². The molecule has 1 aromatic heterocycles. The zero-order chi connectivity index (χ0) is 14.9. The number of aromatic amines is 1.